The topological polar surface area (TPSA) is 25.8 Å². The van der Waals surface area contributed by atoms with E-state index in [1.165, 1.54) is 84.9 Å². The number of thiophene rings is 2. The predicted octanol–water partition coefficient (Wildman–Crippen LogP) is 17.5. The van der Waals surface area contributed by atoms with Crippen molar-refractivity contribution in [3.8, 4) is 78.4 Å². The van der Waals surface area contributed by atoms with Gasteiger partial charge in [0.15, 0.2) is 5.82 Å². The van der Waals surface area contributed by atoms with E-state index >= 15 is 0 Å². The zero-order valence-corrected chi connectivity index (χ0v) is 37.5. The van der Waals surface area contributed by atoms with E-state index in [1.54, 1.807) is 0 Å². The molecule has 0 N–H and O–H groups in total. The van der Waals surface area contributed by atoms with Crippen LogP contribution in [0.4, 0.5) is 0 Å². The summed E-state index contributed by atoms with van der Waals surface area (Å²) >= 11 is 3.73. The summed E-state index contributed by atoms with van der Waals surface area (Å²) in [5.41, 5.74) is 17.4. The molecule has 0 amide bonds. The zero-order valence-electron chi connectivity index (χ0n) is 35.8. The highest BCUT2D eigenvalue weighted by atomic mass is 32.1. The molecule has 9 aromatic carbocycles. The van der Waals surface area contributed by atoms with Gasteiger partial charge in [-0.15, -0.1) is 22.7 Å². The van der Waals surface area contributed by atoms with Crippen LogP contribution in [0.5, 0.6) is 0 Å². The van der Waals surface area contributed by atoms with Gasteiger partial charge in [0, 0.05) is 62.4 Å². The molecule has 2 nitrogen and oxygen atoms in total. The molecule has 0 fully saturated rings. The summed E-state index contributed by atoms with van der Waals surface area (Å²) in [7, 11) is 0. The van der Waals surface area contributed by atoms with Gasteiger partial charge in [-0.05, 0) is 98.1 Å². The summed E-state index contributed by atoms with van der Waals surface area (Å²) in [4.78, 5) is 10.8. The molecule has 13 rings (SSSR count). The number of nitrogens with zero attached hydrogens (tertiary/aromatic N) is 2. The number of hydrogen-bond donors (Lipinski definition) is 0. The van der Waals surface area contributed by atoms with Crippen LogP contribution in [0.15, 0.2) is 206 Å². The van der Waals surface area contributed by atoms with E-state index in [2.05, 4.69) is 220 Å². The lowest BCUT2D eigenvalue weighted by atomic mass is 9.81. The van der Waals surface area contributed by atoms with E-state index in [9.17, 15) is 0 Å². The molecule has 0 atom stereocenters. The standard InChI is InChI=1S/C61H40N2S2/c1-61(2)52-23-9-6-16-46(52)47-31-30-40(35-53(47)61)37-26-28-39(29-27-37)55-36-54(38-14-4-3-5-15-38)62-60(63-55)43-33-41(44-19-12-21-50-48-17-7-10-24-56(48)64-58(44)50)32-42(34-43)45-20-13-22-51-49-18-8-11-25-57(49)65-59(45)51/h3-36H,1-2H3. The van der Waals surface area contributed by atoms with Crippen LogP contribution in [-0.2, 0) is 5.41 Å². The van der Waals surface area contributed by atoms with Crippen molar-refractivity contribution in [2.75, 3.05) is 0 Å². The maximum Gasteiger partial charge on any atom is 0.160 e. The van der Waals surface area contributed by atoms with E-state index in [1.807, 2.05) is 22.7 Å². The number of hydrogen-bond acceptors (Lipinski definition) is 4. The third-order valence-electron chi connectivity index (χ3n) is 13.5. The molecule has 0 saturated heterocycles. The van der Waals surface area contributed by atoms with Crippen molar-refractivity contribution in [1.82, 2.24) is 9.97 Å². The molecule has 3 heterocycles. The first-order chi connectivity index (χ1) is 31.9. The van der Waals surface area contributed by atoms with Crippen LogP contribution in [0.2, 0.25) is 0 Å². The highest BCUT2D eigenvalue weighted by Crippen LogP contribution is 2.50. The summed E-state index contributed by atoms with van der Waals surface area (Å²) in [6.45, 7) is 4.68. The molecule has 1 aliphatic carbocycles. The number of fused-ring (bicyclic) bond motifs is 9. The molecule has 0 unspecified atom stereocenters. The molecule has 0 aliphatic heterocycles. The molecule has 65 heavy (non-hydrogen) atoms. The largest absolute Gasteiger partial charge is 0.228 e. The van der Waals surface area contributed by atoms with E-state index in [0.29, 0.717) is 5.82 Å². The molecule has 4 heteroatoms. The van der Waals surface area contributed by atoms with Gasteiger partial charge in [0.1, 0.15) is 0 Å². The molecule has 306 valence electrons. The summed E-state index contributed by atoms with van der Waals surface area (Å²) in [5, 5.41) is 5.15. The van der Waals surface area contributed by atoms with E-state index < -0.39 is 0 Å². The van der Waals surface area contributed by atoms with Crippen LogP contribution < -0.4 is 0 Å². The monoisotopic (exact) mass is 864 g/mol. The Balaban J connectivity index is 0.981. The summed E-state index contributed by atoms with van der Waals surface area (Å²) in [5.74, 6) is 0.695. The quantitative estimate of drug-likeness (QED) is 0.166. The molecular formula is C61H40N2S2. The molecule has 0 bridgehead atoms. The minimum atomic E-state index is -0.0565. The molecule has 3 aromatic heterocycles. The fraction of sp³-hybridized carbons (Fsp3) is 0.0492. The van der Waals surface area contributed by atoms with Crippen LogP contribution in [0.1, 0.15) is 25.0 Å². The summed E-state index contributed by atoms with van der Waals surface area (Å²) in [6.07, 6.45) is 0. The first-order valence-corrected chi connectivity index (χ1v) is 23.8. The Hall–Kier alpha value is -7.50. The van der Waals surface area contributed by atoms with Gasteiger partial charge >= 0.3 is 0 Å². The van der Waals surface area contributed by atoms with E-state index in [0.717, 1.165) is 39.2 Å². The van der Waals surface area contributed by atoms with Crippen LogP contribution in [-0.4, -0.2) is 9.97 Å². The van der Waals surface area contributed by atoms with Crippen molar-refractivity contribution in [1.29, 1.82) is 0 Å². The lowest BCUT2D eigenvalue weighted by molar-refractivity contribution is 0.660. The second kappa shape index (κ2) is 14.8. The fourth-order valence-electron chi connectivity index (χ4n) is 10.2. The second-order valence-electron chi connectivity index (χ2n) is 17.7. The van der Waals surface area contributed by atoms with Crippen molar-refractivity contribution in [3.05, 3.63) is 217 Å². The molecule has 1 aliphatic rings. The maximum absolute atomic E-state index is 5.45. The Morgan fingerprint density at radius 1 is 0.323 bits per heavy atom. The van der Waals surface area contributed by atoms with Gasteiger partial charge in [0.2, 0.25) is 0 Å². The predicted molar refractivity (Wildman–Crippen MR) is 278 cm³/mol. The fourth-order valence-corrected chi connectivity index (χ4v) is 12.7. The van der Waals surface area contributed by atoms with E-state index in [-0.39, 0.29) is 5.41 Å². The Labute approximate surface area is 385 Å². The zero-order chi connectivity index (χ0) is 43.2. The highest BCUT2D eigenvalue weighted by molar-refractivity contribution is 7.26. The third kappa shape index (κ3) is 6.20. The van der Waals surface area contributed by atoms with Crippen molar-refractivity contribution >= 4 is 63.0 Å². The normalized spacial score (nSPS) is 12.9. The minimum absolute atomic E-state index is 0.0565. The van der Waals surface area contributed by atoms with E-state index in [4.69, 9.17) is 9.97 Å². The molecule has 0 radical (unpaired) electrons. The van der Waals surface area contributed by atoms with Crippen LogP contribution >= 0.6 is 22.7 Å². The van der Waals surface area contributed by atoms with Gasteiger partial charge in [-0.2, -0.15) is 0 Å². The van der Waals surface area contributed by atoms with Gasteiger partial charge in [-0.25, -0.2) is 9.97 Å². The lowest BCUT2D eigenvalue weighted by Gasteiger charge is -2.22. The molecule has 12 aromatic rings. The maximum atomic E-state index is 5.45. The molecule has 0 saturated carbocycles. The summed E-state index contributed by atoms with van der Waals surface area (Å²) < 4.78 is 5.16. The van der Waals surface area contributed by atoms with Crippen LogP contribution in [0.25, 0.3) is 119 Å². The average molecular weight is 865 g/mol. The van der Waals surface area contributed by atoms with Gasteiger partial charge in [-0.3, -0.25) is 0 Å². The minimum Gasteiger partial charge on any atom is -0.228 e. The highest BCUT2D eigenvalue weighted by Gasteiger charge is 2.35. The number of benzene rings is 9. The average Bonchev–Trinajstić information content (AvgIpc) is 4.01. The Morgan fingerprint density at radius 3 is 1.45 bits per heavy atom. The molecule has 0 spiro atoms. The first kappa shape index (κ1) is 38.0. The Bertz CT molecular complexity index is 3720. The SMILES string of the molecule is CC1(C)c2ccccc2-c2ccc(-c3ccc(-c4cc(-c5ccccc5)nc(-c5cc(-c6cccc7c6sc6ccccc67)cc(-c6cccc7c6sc6ccccc67)c5)n4)cc3)cc21. The first-order valence-electron chi connectivity index (χ1n) is 22.2. The number of rotatable bonds is 6. The van der Waals surface area contributed by atoms with Crippen LogP contribution in [0, 0.1) is 0 Å². The molecular weight excluding hydrogens is 825 g/mol. The van der Waals surface area contributed by atoms with Gasteiger partial charge in [0.25, 0.3) is 0 Å². The second-order valence-corrected chi connectivity index (χ2v) is 19.8. The van der Waals surface area contributed by atoms with Gasteiger partial charge in [0.05, 0.1) is 11.4 Å². The third-order valence-corrected chi connectivity index (χ3v) is 16.0. The van der Waals surface area contributed by atoms with Gasteiger partial charge in [-0.1, -0.05) is 178 Å². The van der Waals surface area contributed by atoms with Gasteiger partial charge < -0.3 is 0 Å². The van der Waals surface area contributed by atoms with Crippen molar-refractivity contribution < 1.29 is 0 Å². The van der Waals surface area contributed by atoms with Crippen molar-refractivity contribution in [2.45, 2.75) is 19.3 Å². The smallest absolute Gasteiger partial charge is 0.160 e. The Morgan fingerprint density at radius 2 is 0.800 bits per heavy atom. The van der Waals surface area contributed by atoms with Crippen LogP contribution in [0.3, 0.4) is 0 Å². The number of aromatic nitrogens is 2. The summed E-state index contributed by atoms with van der Waals surface area (Å²) in [6, 6.07) is 75.3. The van der Waals surface area contributed by atoms with Crippen molar-refractivity contribution in [3.63, 3.8) is 0 Å². The van der Waals surface area contributed by atoms with Crippen molar-refractivity contribution in [2.24, 2.45) is 0 Å². The lowest BCUT2D eigenvalue weighted by Crippen LogP contribution is -2.14. The Kier molecular flexibility index (Phi) is 8.64.